The van der Waals surface area contributed by atoms with Crippen molar-refractivity contribution in [3.05, 3.63) is 131 Å². The van der Waals surface area contributed by atoms with Gasteiger partial charge in [-0.25, -0.2) is 0 Å². The Balaban J connectivity index is 1.14. The van der Waals surface area contributed by atoms with E-state index in [1.165, 1.54) is 12.1 Å². The lowest BCUT2D eigenvalue weighted by molar-refractivity contribution is -0.146. The summed E-state index contributed by atoms with van der Waals surface area (Å²) in [4.78, 5) is 28.9. The Kier molecular flexibility index (Phi) is 11.7. The normalized spacial score (nSPS) is 15.4. The van der Waals surface area contributed by atoms with Gasteiger partial charge < -0.3 is 15.0 Å². The molecule has 0 bridgehead atoms. The molecule has 4 aromatic rings. The van der Waals surface area contributed by atoms with Crippen LogP contribution in [0, 0.1) is 0 Å². The number of halogens is 3. The number of likely N-dealkylation sites (tertiary alicyclic amines) is 1. The molecule has 48 heavy (non-hydrogen) atoms. The first-order valence-corrected chi connectivity index (χ1v) is 16.7. The molecule has 8 heteroatoms. The van der Waals surface area contributed by atoms with Crippen molar-refractivity contribution >= 4 is 11.9 Å². The van der Waals surface area contributed by atoms with Crippen LogP contribution in [0.25, 0.3) is 11.1 Å². The number of nitrogens with one attached hydrogen (secondary N) is 1. The summed E-state index contributed by atoms with van der Waals surface area (Å²) in [6, 6.07) is 31.9. The summed E-state index contributed by atoms with van der Waals surface area (Å²) in [5, 5.41) is 3.16. The molecule has 0 spiro atoms. The summed E-state index contributed by atoms with van der Waals surface area (Å²) in [5.41, 5.74) is 2.69. The van der Waals surface area contributed by atoms with Crippen LogP contribution in [-0.2, 0) is 27.7 Å². The van der Waals surface area contributed by atoms with Crippen LogP contribution < -0.4 is 5.32 Å². The first-order chi connectivity index (χ1) is 23.2. The van der Waals surface area contributed by atoms with Crippen LogP contribution in [0.4, 0.5) is 13.2 Å². The topological polar surface area (TPSA) is 58.6 Å². The molecule has 1 heterocycles. The minimum absolute atomic E-state index is 0.00727. The predicted octanol–water partition coefficient (Wildman–Crippen LogP) is 8.83. The third kappa shape index (κ3) is 9.13. The molecule has 1 atom stereocenters. The standard InChI is InChI=1S/C40H43F3N2O3/c1-2-39(32-14-7-4-8-15-32,28-37(46)48-29-30-12-5-3-6-13-30)24-11-25-45-26-22-34(23-27-45)44-38(47)36-17-10-9-16-35(36)31-18-20-33(21-19-31)40(41,42)43/h3-10,12-21,34H,2,11,22-29H2,1H3,(H,44,47). The Labute approximate surface area is 281 Å². The van der Waals surface area contributed by atoms with Crippen molar-refractivity contribution in [1.82, 2.24) is 10.2 Å². The van der Waals surface area contributed by atoms with Crippen LogP contribution in [0.2, 0.25) is 0 Å². The first kappa shape index (κ1) is 34.9. The molecule has 1 N–H and O–H groups in total. The van der Waals surface area contributed by atoms with Crippen molar-refractivity contribution in [2.75, 3.05) is 19.6 Å². The maximum Gasteiger partial charge on any atom is 0.416 e. The number of piperidine rings is 1. The number of carbonyl (C=O) groups excluding carboxylic acids is 2. The van der Waals surface area contributed by atoms with Crippen molar-refractivity contribution in [2.45, 2.75) is 69.7 Å². The van der Waals surface area contributed by atoms with Gasteiger partial charge in [-0.15, -0.1) is 0 Å². The molecular weight excluding hydrogens is 613 g/mol. The number of carbonyl (C=O) groups is 2. The lowest BCUT2D eigenvalue weighted by Crippen LogP contribution is -2.45. The zero-order valence-corrected chi connectivity index (χ0v) is 27.3. The van der Waals surface area contributed by atoms with Gasteiger partial charge in [0.05, 0.1) is 12.0 Å². The van der Waals surface area contributed by atoms with E-state index < -0.39 is 11.7 Å². The zero-order chi connectivity index (χ0) is 34.0. The van der Waals surface area contributed by atoms with Crippen molar-refractivity contribution in [3.63, 3.8) is 0 Å². The molecule has 0 saturated carbocycles. The summed E-state index contributed by atoms with van der Waals surface area (Å²) in [7, 11) is 0. The van der Waals surface area contributed by atoms with Crippen molar-refractivity contribution < 1.29 is 27.5 Å². The van der Waals surface area contributed by atoms with E-state index in [9.17, 15) is 22.8 Å². The monoisotopic (exact) mass is 656 g/mol. The van der Waals surface area contributed by atoms with Gasteiger partial charge in [-0.3, -0.25) is 9.59 Å². The maximum absolute atomic E-state index is 13.3. The first-order valence-electron chi connectivity index (χ1n) is 16.7. The van der Waals surface area contributed by atoms with E-state index in [4.69, 9.17) is 4.74 Å². The fraction of sp³-hybridized carbons (Fsp3) is 0.350. The van der Waals surface area contributed by atoms with Crippen LogP contribution in [0.5, 0.6) is 0 Å². The third-order valence-electron chi connectivity index (χ3n) is 9.54. The largest absolute Gasteiger partial charge is 0.461 e. The molecule has 0 radical (unpaired) electrons. The van der Waals surface area contributed by atoms with Crippen molar-refractivity contribution in [3.8, 4) is 11.1 Å². The van der Waals surface area contributed by atoms with E-state index in [1.807, 2.05) is 48.5 Å². The summed E-state index contributed by atoms with van der Waals surface area (Å²) in [6.07, 6.45) is 0.108. The quantitative estimate of drug-likeness (QED) is 0.146. The second-order valence-corrected chi connectivity index (χ2v) is 12.6. The third-order valence-corrected chi connectivity index (χ3v) is 9.54. The number of amides is 1. The van der Waals surface area contributed by atoms with Gasteiger partial charge in [-0.2, -0.15) is 13.2 Å². The number of benzene rings is 4. The molecule has 1 aliphatic rings. The lowest BCUT2D eigenvalue weighted by atomic mass is 9.72. The van der Waals surface area contributed by atoms with Crippen molar-refractivity contribution in [2.24, 2.45) is 0 Å². The van der Waals surface area contributed by atoms with Gasteiger partial charge in [-0.1, -0.05) is 97.9 Å². The minimum Gasteiger partial charge on any atom is -0.461 e. The summed E-state index contributed by atoms with van der Waals surface area (Å²) in [6.45, 7) is 4.98. The molecule has 1 fully saturated rings. The van der Waals surface area contributed by atoms with Crippen LogP contribution in [-0.4, -0.2) is 42.5 Å². The fourth-order valence-corrected chi connectivity index (χ4v) is 6.67. The van der Waals surface area contributed by atoms with Crippen LogP contribution in [0.3, 0.4) is 0 Å². The molecule has 0 aromatic heterocycles. The van der Waals surface area contributed by atoms with Gasteiger partial charge in [0, 0.05) is 30.1 Å². The van der Waals surface area contributed by atoms with Crippen LogP contribution in [0.1, 0.15) is 72.5 Å². The van der Waals surface area contributed by atoms with E-state index in [0.29, 0.717) is 23.1 Å². The summed E-state index contributed by atoms with van der Waals surface area (Å²) < 4.78 is 44.9. The minimum atomic E-state index is -4.41. The SMILES string of the molecule is CCC(CCCN1CCC(NC(=O)c2ccccc2-c2ccc(C(F)(F)F)cc2)CC1)(CC(=O)OCc1ccccc1)c1ccccc1. The summed E-state index contributed by atoms with van der Waals surface area (Å²) >= 11 is 0. The number of hydrogen-bond acceptors (Lipinski definition) is 4. The van der Waals surface area contributed by atoms with E-state index in [-0.39, 0.29) is 29.9 Å². The summed E-state index contributed by atoms with van der Waals surface area (Å²) in [5.74, 6) is -0.417. The molecule has 252 valence electrons. The number of esters is 1. The van der Waals surface area contributed by atoms with Crippen LogP contribution >= 0.6 is 0 Å². The van der Waals surface area contributed by atoms with E-state index in [1.54, 1.807) is 24.3 Å². The highest BCUT2D eigenvalue weighted by Gasteiger charge is 2.34. The zero-order valence-electron chi connectivity index (χ0n) is 27.3. The molecular formula is C40H43F3N2O3. The Hall–Kier alpha value is -4.43. The molecule has 1 saturated heterocycles. The highest BCUT2D eigenvalue weighted by Crippen LogP contribution is 2.37. The lowest BCUT2D eigenvalue weighted by Gasteiger charge is -2.35. The van der Waals surface area contributed by atoms with E-state index in [0.717, 1.165) is 75.0 Å². The smallest absolute Gasteiger partial charge is 0.416 e. The Morgan fingerprint density at radius 2 is 1.44 bits per heavy atom. The predicted molar refractivity (Wildman–Crippen MR) is 182 cm³/mol. The molecule has 1 aliphatic heterocycles. The molecule has 1 amide bonds. The highest BCUT2D eigenvalue weighted by molar-refractivity contribution is 6.01. The number of nitrogens with zero attached hydrogens (tertiary/aromatic N) is 1. The maximum atomic E-state index is 13.3. The number of ether oxygens (including phenoxy) is 1. The van der Waals surface area contributed by atoms with Crippen molar-refractivity contribution in [1.29, 1.82) is 0 Å². The molecule has 4 aromatic carbocycles. The van der Waals surface area contributed by atoms with E-state index >= 15 is 0 Å². The van der Waals surface area contributed by atoms with Gasteiger partial charge in [0.25, 0.3) is 5.91 Å². The molecule has 1 unspecified atom stereocenters. The fourth-order valence-electron chi connectivity index (χ4n) is 6.67. The number of alkyl halides is 3. The Morgan fingerprint density at radius 3 is 2.08 bits per heavy atom. The highest BCUT2D eigenvalue weighted by atomic mass is 19.4. The van der Waals surface area contributed by atoms with Gasteiger partial charge in [0.2, 0.25) is 0 Å². The van der Waals surface area contributed by atoms with Gasteiger partial charge in [-0.05, 0) is 79.1 Å². The second kappa shape index (κ2) is 16.1. The van der Waals surface area contributed by atoms with Gasteiger partial charge in [0.1, 0.15) is 6.61 Å². The van der Waals surface area contributed by atoms with E-state index in [2.05, 4.69) is 29.3 Å². The average Bonchev–Trinajstić information content (AvgIpc) is 3.11. The van der Waals surface area contributed by atoms with Gasteiger partial charge >= 0.3 is 12.1 Å². The Bertz CT molecular complexity index is 1620. The molecule has 0 aliphatic carbocycles. The molecule has 5 nitrogen and oxygen atoms in total. The Morgan fingerprint density at radius 1 is 0.812 bits per heavy atom. The number of rotatable bonds is 13. The molecule has 5 rings (SSSR count). The average molecular weight is 657 g/mol. The number of hydrogen-bond donors (Lipinski definition) is 1. The van der Waals surface area contributed by atoms with Crippen LogP contribution in [0.15, 0.2) is 109 Å². The second-order valence-electron chi connectivity index (χ2n) is 12.6. The van der Waals surface area contributed by atoms with Gasteiger partial charge in [0.15, 0.2) is 0 Å².